The van der Waals surface area contributed by atoms with Gasteiger partial charge in [-0.25, -0.2) is 0 Å². The molecule has 0 atom stereocenters. The van der Waals surface area contributed by atoms with Gasteiger partial charge in [0.2, 0.25) is 0 Å². The maximum atomic E-state index is 11.9. The number of nitrogens with zero attached hydrogens (tertiary/aromatic N) is 1. The highest BCUT2D eigenvalue weighted by Gasteiger charge is 2.07. The van der Waals surface area contributed by atoms with Crippen molar-refractivity contribution < 1.29 is 14.6 Å². The molecule has 0 heterocycles. The first-order chi connectivity index (χ1) is 9.27. The molecule has 1 N–H and O–H groups in total. The molecule has 0 spiro atoms. The molecule has 1 aromatic carbocycles. The zero-order chi connectivity index (χ0) is 13.9. The average molecular weight is 265 g/mol. The summed E-state index contributed by atoms with van der Waals surface area (Å²) in [6.45, 7) is 3.00. The highest BCUT2D eigenvalue weighted by atomic mass is 16.5. The van der Waals surface area contributed by atoms with Crippen molar-refractivity contribution in [1.29, 1.82) is 0 Å². The molecule has 0 amide bonds. The largest absolute Gasteiger partial charge is 0.395 e. The first-order valence-corrected chi connectivity index (χ1v) is 6.68. The summed E-state index contributed by atoms with van der Waals surface area (Å²) >= 11 is 0. The van der Waals surface area contributed by atoms with Crippen LogP contribution in [0.2, 0.25) is 0 Å². The molecule has 106 valence electrons. The van der Waals surface area contributed by atoms with Gasteiger partial charge in [0, 0.05) is 32.2 Å². The van der Waals surface area contributed by atoms with E-state index in [1.807, 2.05) is 30.3 Å². The Morgan fingerprint density at radius 1 is 1.21 bits per heavy atom. The minimum absolute atomic E-state index is 0.135. The molecule has 0 bridgehead atoms. The van der Waals surface area contributed by atoms with Gasteiger partial charge in [0.25, 0.3) is 0 Å². The third-order valence-corrected chi connectivity index (χ3v) is 3.00. The fraction of sp³-hybridized carbons (Fsp3) is 0.533. The Morgan fingerprint density at radius 3 is 2.58 bits per heavy atom. The van der Waals surface area contributed by atoms with E-state index in [1.165, 1.54) is 0 Å². The predicted molar refractivity (Wildman–Crippen MR) is 75.4 cm³/mol. The number of hydrogen-bond acceptors (Lipinski definition) is 4. The Labute approximate surface area is 115 Å². The van der Waals surface area contributed by atoms with Crippen molar-refractivity contribution in [2.45, 2.75) is 12.8 Å². The van der Waals surface area contributed by atoms with Gasteiger partial charge in [-0.3, -0.25) is 9.69 Å². The van der Waals surface area contributed by atoms with Gasteiger partial charge in [0.15, 0.2) is 5.78 Å². The molecule has 0 saturated heterocycles. The van der Waals surface area contributed by atoms with Gasteiger partial charge < -0.3 is 9.84 Å². The Bertz CT molecular complexity index is 354. The number of aliphatic hydroxyl groups is 1. The highest BCUT2D eigenvalue weighted by Crippen LogP contribution is 2.05. The van der Waals surface area contributed by atoms with Gasteiger partial charge >= 0.3 is 0 Å². The number of methoxy groups -OCH3 is 1. The molecule has 0 unspecified atom stereocenters. The lowest BCUT2D eigenvalue weighted by Crippen LogP contribution is -2.31. The summed E-state index contributed by atoms with van der Waals surface area (Å²) in [5, 5.41) is 8.97. The molecule has 0 fully saturated rings. The molecular formula is C15H23NO3. The molecule has 0 aliphatic rings. The number of hydrogen-bond donors (Lipinski definition) is 1. The third-order valence-electron chi connectivity index (χ3n) is 3.00. The number of aliphatic hydroxyl groups excluding tert-OH is 1. The lowest BCUT2D eigenvalue weighted by Gasteiger charge is -2.20. The molecule has 4 heteroatoms. The Balaban J connectivity index is 2.29. The highest BCUT2D eigenvalue weighted by molar-refractivity contribution is 5.95. The molecule has 0 saturated carbocycles. The van der Waals surface area contributed by atoms with Crippen molar-refractivity contribution in [3.05, 3.63) is 35.9 Å². The van der Waals surface area contributed by atoms with E-state index in [0.717, 1.165) is 25.1 Å². The standard InChI is InChI=1S/C15H23NO3/c1-19-13-11-16(10-12-17)9-5-8-15(18)14-6-3-2-4-7-14/h2-4,6-7,17H,5,8-13H2,1H3. The number of benzene rings is 1. The predicted octanol–water partition coefficient (Wildman–Crippen LogP) is 1.59. The summed E-state index contributed by atoms with van der Waals surface area (Å²) in [5.41, 5.74) is 0.771. The second-order valence-corrected chi connectivity index (χ2v) is 4.45. The average Bonchev–Trinajstić information content (AvgIpc) is 2.45. The number of rotatable bonds is 10. The number of ketones is 1. The van der Waals surface area contributed by atoms with Crippen molar-refractivity contribution in [2.24, 2.45) is 0 Å². The van der Waals surface area contributed by atoms with E-state index in [-0.39, 0.29) is 12.4 Å². The van der Waals surface area contributed by atoms with E-state index < -0.39 is 0 Å². The van der Waals surface area contributed by atoms with E-state index in [1.54, 1.807) is 7.11 Å². The minimum atomic E-state index is 0.135. The molecule has 0 aliphatic carbocycles. The molecule has 1 aromatic rings. The Morgan fingerprint density at radius 2 is 1.95 bits per heavy atom. The zero-order valence-electron chi connectivity index (χ0n) is 11.5. The summed E-state index contributed by atoms with van der Waals surface area (Å²) in [5.74, 6) is 0.177. The first-order valence-electron chi connectivity index (χ1n) is 6.68. The third kappa shape index (κ3) is 6.47. The maximum Gasteiger partial charge on any atom is 0.162 e. The number of Topliss-reactive ketones (excluding diaryl/α,β-unsaturated/α-hetero) is 1. The number of carbonyl (C=O) groups is 1. The summed E-state index contributed by atoms with van der Waals surface area (Å²) in [4.78, 5) is 14.0. The number of ether oxygens (including phenoxy) is 1. The van der Waals surface area contributed by atoms with Gasteiger partial charge in [0.05, 0.1) is 13.2 Å². The topological polar surface area (TPSA) is 49.8 Å². The molecule has 0 aromatic heterocycles. The lowest BCUT2D eigenvalue weighted by molar-refractivity contribution is 0.0965. The van der Waals surface area contributed by atoms with Crippen LogP contribution in [-0.2, 0) is 4.74 Å². The molecule has 1 rings (SSSR count). The van der Waals surface area contributed by atoms with E-state index in [2.05, 4.69) is 4.90 Å². The maximum absolute atomic E-state index is 11.9. The van der Waals surface area contributed by atoms with Crippen LogP contribution in [0.25, 0.3) is 0 Å². The summed E-state index contributed by atoms with van der Waals surface area (Å²) in [6, 6.07) is 9.36. The van der Waals surface area contributed by atoms with E-state index in [9.17, 15) is 4.79 Å². The second kappa shape index (κ2) is 9.67. The van der Waals surface area contributed by atoms with Crippen LogP contribution >= 0.6 is 0 Å². The normalized spacial score (nSPS) is 10.9. The molecular weight excluding hydrogens is 242 g/mol. The molecule has 19 heavy (non-hydrogen) atoms. The van der Waals surface area contributed by atoms with Crippen LogP contribution in [0.1, 0.15) is 23.2 Å². The van der Waals surface area contributed by atoms with Gasteiger partial charge in [-0.15, -0.1) is 0 Å². The quantitative estimate of drug-likeness (QED) is 0.653. The van der Waals surface area contributed by atoms with Crippen molar-refractivity contribution in [3.8, 4) is 0 Å². The summed E-state index contributed by atoms with van der Waals surface area (Å²) < 4.78 is 5.03. The van der Waals surface area contributed by atoms with E-state index in [4.69, 9.17) is 9.84 Å². The number of carbonyl (C=O) groups excluding carboxylic acids is 1. The Hall–Kier alpha value is -1.23. The van der Waals surface area contributed by atoms with Crippen molar-refractivity contribution in [1.82, 2.24) is 4.90 Å². The van der Waals surface area contributed by atoms with Crippen LogP contribution in [0, 0.1) is 0 Å². The fourth-order valence-corrected chi connectivity index (χ4v) is 1.93. The summed E-state index contributed by atoms with van der Waals surface area (Å²) in [6.07, 6.45) is 1.34. The van der Waals surface area contributed by atoms with Crippen LogP contribution in [0.15, 0.2) is 30.3 Å². The monoisotopic (exact) mass is 265 g/mol. The smallest absolute Gasteiger partial charge is 0.162 e. The van der Waals surface area contributed by atoms with Crippen LogP contribution in [-0.4, -0.2) is 55.7 Å². The van der Waals surface area contributed by atoms with Crippen LogP contribution < -0.4 is 0 Å². The first kappa shape index (κ1) is 15.8. The van der Waals surface area contributed by atoms with Crippen molar-refractivity contribution in [2.75, 3.05) is 40.0 Å². The van der Waals surface area contributed by atoms with Gasteiger partial charge in [0.1, 0.15) is 0 Å². The van der Waals surface area contributed by atoms with Gasteiger partial charge in [-0.2, -0.15) is 0 Å². The van der Waals surface area contributed by atoms with Gasteiger partial charge in [-0.1, -0.05) is 30.3 Å². The SMILES string of the molecule is COCCN(CCO)CCCC(=O)c1ccccc1. The minimum Gasteiger partial charge on any atom is -0.395 e. The Kier molecular flexibility index (Phi) is 8.05. The van der Waals surface area contributed by atoms with E-state index >= 15 is 0 Å². The van der Waals surface area contributed by atoms with Crippen LogP contribution in [0.4, 0.5) is 0 Å². The lowest BCUT2D eigenvalue weighted by atomic mass is 10.1. The molecule has 0 aliphatic heterocycles. The van der Waals surface area contributed by atoms with Crippen LogP contribution in [0.3, 0.4) is 0 Å². The van der Waals surface area contributed by atoms with E-state index in [0.29, 0.717) is 19.6 Å². The second-order valence-electron chi connectivity index (χ2n) is 4.45. The molecule has 4 nitrogen and oxygen atoms in total. The summed E-state index contributed by atoms with van der Waals surface area (Å²) in [7, 11) is 1.66. The van der Waals surface area contributed by atoms with Crippen molar-refractivity contribution in [3.63, 3.8) is 0 Å². The van der Waals surface area contributed by atoms with Crippen molar-refractivity contribution >= 4 is 5.78 Å². The fourth-order valence-electron chi connectivity index (χ4n) is 1.93. The van der Waals surface area contributed by atoms with Crippen LogP contribution in [0.5, 0.6) is 0 Å². The molecule has 0 radical (unpaired) electrons. The zero-order valence-corrected chi connectivity index (χ0v) is 11.5. The van der Waals surface area contributed by atoms with Gasteiger partial charge in [-0.05, 0) is 13.0 Å².